The first-order chi connectivity index (χ1) is 7.09. The highest BCUT2D eigenvalue weighted by atomic mass is 16.5. The van der Waals surface area contributed by atoms with Gasteiger partial charge in [-0.2, -0.15) is 0 Å². The quantitative estimate of drug-likeness (QED) is 0.750. The number of para-hydroxylation sites is 1. The van der Waals surface area contributed by atoms with Gasteiger partial charge in [0.1, 0.15) is 5.75 Å². The van der Waals surface area contributed by atoms with Crippen LogP contribution in [0.4, 0.5) is 0 Å². The number of benzene rings is 1. The van der Waals surface area contributed by atoms with Crippen LogP contribution in [-0.4, -0.2) is 17.8 Å². The molecule has 0 aromatic heterocycles. The standard InChI is InChI=1S/C13H18O2/c1-4-13(2,14)10-9-11-7-5-6-8-12(11)15-3/h4-8,14H,1,9-10H2,2-3H3. The Morgan fingerprint density at radius 3 is 2.73 bits per heavy atom. The van der Waals surface area contributed by atoms with Crippen molar-refractivity contribution in [1.82, 2.24) is 0 Å². The number of hydrogen-bond acceptors (Lipinski definition) is 2. The van der Waals surface area contributed by atoms with Crippen LogP contribution in [0.1, 0.15) is 18.9 Å². The van der Waals surface area contributed by atoms with E-state index in [0.29, 0.717) is 6.42 Å². The third-order valence-electron chi connectivity index (χ3n) is 2.53. The van der Waals surface area contributed by atoms with Crippen molar-refractivity contribution in [3.63, 3.8) is 0 Å². The van der Waals surface area contributed by atoms with E-state index in [1.54, 1.807) is 20.1 Å². The molecule has 82 valence electrons. The topological polar surface area (TPSA) is 29.5 Å². The Bertz CT molecular complexity index is 329. The van der Waals surface area contributed by atoms with Crippen molar-refractivity contribution >= 4 is 0 Å². The van der Waals surface area contributed by atoms with Crippen LogP contribution < -0.4 is 4.74 Å². The van der Waals surface area contributed by atoms with Gasteiger partial charge in [0.25, 0.3) is 0 Å². The molecule has 0 heterocycles. The monoisotopic (exact) mass is 206 g/mol. The number of hydrogen-bond donors (Lipinski definition) is 1. The molecule has 0 saturated heterocycles. The van der Waals surface area contributed by atoms with Crippen molar-refractivity contribution in [2.45, 2.75) is 25.4 Å². The molecule has 0 fully saturated rings. The second kappa shape index (κ2) is 4.99. The fraction of sp³-hybridized carbons (Fsp3) is 0.385. The highest BCUT2D eigenvalue weighted by Crippen LogP contribution is 2.22. The Kier molecular flexibility index (Phi) is 3.92. The van der Waals surface area contributed by atoms with Crippen LogP contribution in [0.5, 0.6) is 5.75 Å². The van der Waals surface area contributed by atoms with E-state index >= 15 is 0 Å². The van der Waals surface area contributed by atoms with Gasteiger partial charge in [-0.3, -0.25) is 0 Å². The zero-order valence-corrected chi connectivity index (χ0v) is 9.36. The van der Waals surface area contributed by atoms with Gasteiger partial charge in [0, 0.05) is 0 Å². The fourth-order valence-corrected chi connectivity index (χ4v) is 1.40. The van der Waals surface area contributed by atoms with E-state index < -0.39 is 5.60 Å². The summed E-state index contributed by atoms with van der Waals surface area (Å²) < 4.78 is 5.24. The largest absolute Gasteiger partial charge is 0.496 e. The van der Waals surface area contributed by atoms with Crippen LogP contribution in [0.3, 0.4) is 0 Å². The summed E-state index contributed by atoms with van der Waals surface area (Å²) in [7, 11) is 1.66. The van der Waals surface area contributed by atoms with Gasteiger partial charge in [-0.15, -0.1) is 6.58 Å². The molecule has 1 rings (SSSR count). The number of ether oxygens (including phenoxy) is 1. The summed E-state index contributed by atoms with van der Waals surface area (Å²) in [5.74, 6) is 0.873. The second-order valence-electron chi connectivity index (χ2n) is 3.87. The van der Waals surface area contributed by atoms with Crippen LogP contribution in [-0.2, 0) is 6.42 Å². The summed E-state index contributed by atoms with van der Waals surface area (Å²) in [5, 5.41) is 9.79. The van der Waals surface area contributed by atoms with Gasteiger partial charge >= 0.3 is 0 Å². The maximum absolute atomic E-state index is 9.79. The third kappa shape index (κ3) is 3.40. The second-order valence-corrected chi connectivity index (χ2v) is 3.87. The minimum atomic E-state index is -0.805. The molecular weight excluding hydrogens is 188 g/mol. The van der Waals surface area contributed by atoms with Gasteiger partial charge in [-0.1, -0.05) is 24.3 Å². The van der Waals surface area contributed by atoms with Crippen molar-refractivity contribution in [3.05, 3.63) is 42.5 Å². The summed E-state index contributed by atoms with van der Waals surface area (Å²) in [4.78, 5) is 0. The lowest BCUT2D eigenvalue weighted by atomic mass is 9.97. The van der Waals surface area contributed by atoms with Crippen LogP contribution in [0.25, 0.3) is 0 Å². The molecule has 0 spiro atoms. The molecule has 0 radical (unpaired) electrons. The average molecular weight is 206 g/mol. The first-order valence-electron chi connectivity index (χ1n) is 5.07. The zero-order valence-electron chi connectivity index (χ0n) is 9.36. The lowest BCUT2D eigenvalue weighted by Gasteiger charge is -2.18. The molecule has 0 amide bonds. The van der Waals surface area contributed by atoms with Crippen molar-refractivity contribution in [3.8, 4) is 5.75 Å². The normalized spacial score (nSPS) is 14.3. The maximum Gasteiger partial charge on any atom is 0.122 e. The van der Waals surface area contributed by atoms with Gasteiger partial charge in [0.2, 0.25) is 0 Å². The number of aliphatic hydroxyl groups is 1. The van der Waals surface area contributed by atoms with Crippen molar-refractivity contribution < 1.29 is 9.84 Å². The molecule has 1 aromatic carbocycles. The van der Waals surface area contributed by atoms with E-state index in [1.807, 2.05) is 24.3 Å². The smallest absolute Gasteiger partial charge is 0.122 e. The van der Waals surface area contributed by atoms with Gasteiger partial charge in [0.05, 0.1) is 12.7 Å². The SMILES string of the molecule is C=CC(C)(O)CCc1ccccc1OC. The molecule has 0 bridgehead atoms. The van der Waals surface area contributed by atoms with Crippen LogP contribution in [0.15, 0.2) is 36.9 Å². The van der Waals surface area contributed by atoms with Gasteiger partial charge < -0.3 is 9.84 Å². The fourth-order valence-electron chi connectivity index (χ4n) is 1.40. The molecule has 1 atom stereocenters. The summed E-state index contributed by atoms with van der Waals surface area (Å²) in [5.41, 5.74) is 0.308. The van der Waals surface area contributed by atoms with Crippen molar-refractivity contribution in [2.75, 3.05) is 7.11 Å². The predicted octanol–water partition coefficient (Wildman–Crippen LogP) is 2.56. The minimum absolute atomic E-state index is 0.650. The molecule has 0 aliphatic heterocycles. The highest BCUT2D eigenvalue weighted by molar-refractivity contribution is 5.33. The summed E-state index contributed by atoms with van der Waals surface area (Å²) in [6, 6.07) is 7.85. The molecule has 0 saturated carbocycles. The van der Waals surface area contributed by atoms with E-state index in [0.717, 1.165) is 17.7 Å². The minimum Gasteiger partial charge on any atom is -0.496 e. The lowest BCUT2D eigenvalue weighted by Crippen LogP contribution is -2.21. The van der Waals surface area contributed by atoms with Crippen LogP contribution in [0, 0.1) is 0 Å². The average Bonchev–Trinajstić information content (AvgIpc) is 2.27. The molecule has 0 aliphatic carbocycles. The summed E-state index contributed by atoms with van der Waals surface area (Å²) in [6.07, 6.45) is 3.00. The molecule has 1 N–H and O–H groups in total. The first kappa shape index (κ1) is 11.8. The maximum atomic E-state index is 9.79. The first-order valence-corrected chi connectivity index (χ1v) is 5.07. The van der Waals surface area contributed by atoms with E-state index in [1.165, 1.54) is 0 Å². The Morgan fingerprint density at radius 1 is 1.47 bits per heavy atom. The number of methoxy groups -OCH3 is 1. The number of rotatable bonds is 5. The van der Waals surface area contributed by atoms with Crippen LogP contribution in [0.2, 0.25) is 0 Å². The number of aryl methyl sites for hydroxylation is 1. The lowest BCUT2D eigenvalue weighted by molar-refractivity contribution is 0.102. The van der Waals surface area contributed by atoms with Crippen molar-refractivity contribution in [2.24, 2.45) is 0 Å². The Hall–Kier alpha value is -1.28. The summed E-state index contributed by atoms with van der Waals surface area (Å²) >= 11 is 0. The summed E-state index contributed by atoms with van der Waals surface area (Å²) in [6.45, 7) is 5.37. The van der Waals surface area contributed by atoms with Gasteiger partial charge in [0.15, 0.2) is 0 Å². The molecule has 0 aliphatic rings. The zero-order chi connectivity index (χ0) is 11.3. The predicted molar refractivity (Wildman–Crippen MR) is 62.1 cm³/mol. The third-order valence-corrected chi connectivity index (χ3v) is 2.53. The van der Waals surface area contributed by atoms with E-state index in [-0.39, 0.29) is 0 Å². The van der Waals surface area contributed by atoms with Crippen molar-refractivity contribution in [1.29, 1.82) is 0 Å². The molecule has 1 unspecified atom stereocenters. The van der Waals surface area contributed by atoms with E-state index in [2.05, 4.69) is 6.58 Å². The highest BCUT2D eigenvalue weighted by Gasteiger charge is 2.15. The van der Waals surface area contributed by atoms with E-state index in [4.69, 9.17) is 4.74 Å². The van der Waals surface area contributed by atoms with E-state index in [9.17, 15) is 5.11 Å². The Morgan fingerprint density at radius 2 is 2.13 bits per heavy atom. The van der Waals surface area contributed by atoms with Gasteiger partial charge in [-0.05, 0) is 31.4 Å². The van der Waals surface area contributed by atoms with Crippen LogP contribution >= 0.6 is 0 Å². The molecule has 2 heteroatoms. The Labute approximate surface area is 91.2 Å². The molecule has 2 nitrogen and oxygen atoms in total. The molecular formula is C13H18O2. The molecule has 1 aromatic rings. The van der Waals surface area contributed by atoms with Gasteiger partial charge in [-0.25, -0.2) is 0 Å². The Balaban J connectivity index is 2.68. The molecule has 15 heavy (non-hydrogen) atoms.